The van der Waals surface area contributed by atoms with E-state index in [1.165, 1.54) is 0 Å². The second kappa shape index (κ2) is 5.14. The van der Waals surface area contributed by atoms with E-state index < -0.39 is 0 Å². The van der Waals surface area contributed by atoms with Crippen molar-refractivity contribution in [3.05, 3.63) is 24.2 Å². The summed E-state index contributed by atoms with van der Waals surface area (Å²) in [6.07, 6.45) is 3.61. The van der Waals surface area contributed by atoms with Crippen LogP contribution in [0.5, 0.6) is 0 Å². The standard InChI is InChI=1S/C12H18N4O/c1-9(2)10-8-11-12(14-5-7-17-3)13-4-6-16(11)15-10/h4,6,8-9H,5,7H2,1-3H3,(H,13,14). The monoisotopic (exact) mass is 234 g/mol. The van der Waals surface area contributed by atoms with Gasteiger partial charge in [-0.2, -0.15) is 5.10 Å². The molecule has 0 saturated heterocycles. The van der Waals surface area contributed by atoms with Gasteiger partial charge in [-0.05, 0) is 12.0 Å². The molecule has 5 nitrogen and oxygen atoms in total. The number of methoxy groups -OCH3 is 1. The predicted molar refractivity (Wildman–Crippen MR) is 67.4 cm³/mol. The first-order chi connectivity index (χ1) is 8.22. The van der Waals surface area contributed by atoms with Crippen LogP contribution in [0.4, 0.5) is 5.82 Å². The Kier molecular flexibility index (Phi) is 3.58. The van der Waals surface area contributed by atoms with Crippen LogP contribution in [0.3, 0.4) is 0 Å². The van der Waals surface area contributed by atoms with E-state index in [0.29, 0.717) is 12.5 Å². The lowest BCUT2D eigenvalue weighted by atomic mass is 10.1. The zero-order valence-electron chi connectivity index (χ0n) is 10.5. The summed E-state index contributed by atoms with van der Waals surface area (Å²) in [5.41, 5.74) is 2.08. The van der Waals surface area contributed by atoms with Gasteiger partial charge in [-0.3, -0.25) is 0 Å². The number of nitrogens with zero attached hydrogens (tertiary/aromatic N) is 3. The minimum atomic E-state index is 0.418. The quantitative estimate of drug-likeness (QED) is 0.803. The molecule has 2 heterocycles. The molecule has 2 aromatic heterocycles. The van der Waals surface area contributed by atoms with Crippen LogP contribution in [0, 0.1) is 0 Å². The molecule has 0 amide bonds. The lowest BCUT2D eigenvalue weighted by Gasteiger charge is -2.05. The normalized spacial score (nSPS) is 11.3. The van der Waals surface area contributed by atoms with Gasteiger partial charge in [0, 0.05) is 26.0 Å². The van der Waals surface area contributed by atoms with E-state index in [1.807, 2.05) is 10.7 Å². The lowest BCUT2D eigenvalue weighted by molar-refractivity contribution is 0.210. The van der Waals surface area contributed by atoms with Crippen LogP contribution < -0.4 is 5.32 Å². The first kappa shape index (κ1) is 11.9. The molecule has 0 spiro atoms. The number of aromatic nitrogens is 3. The third kappa shape index (κ3) is 2.55. The first-order valence-electron chi connectivity index (χ1n) is 5.79. The van der Waals surface area contributed by atoms with Crippen molar-refractivity contribution in [3.8, 4) is 0 Å². The molecular weight excluding hydrogens is 216 g/mol. The molecule has 0 radical (unpaired) electrons. The Morgan fingerprint density at radius 2 is 2.29 bits per heavy atom. The van der Waals surface area contributed by atoms with E-state index in [9.17, 15) is 0 Å². The summed E-state index contributed by atoms with van der Waals surface area (Å²) in [5.74, 6) is 1.27. The number of fused-ring (bicyclic) bond motifs is 1. The maximum atomic E-state index is 5.01. The summed E-state index contributed by atoms with van der Waals surface area (Å²) >= 11 is 0. The molecule has 0 saturated carbocycles. The van der Waals surface area contributed by atoms with Gasteiger partial charge in [-0.15, -0.1) is 0 Å². The lowest BCUT2D eigenvalue weighted by Crippen LogP contribution is -2.09. The van der Waals surface area contributed by atoms with Crippen molar-refractivity contribution >= 4 is 11.3 Å². The highest BCUT2D eigenvalue weighted by Crippen LogP contribution is 2.19. The molecule has 0 bridgehead atoms. The number of hydrogen-bond acceptors (Lipinski definition) is 4. The van der Waals surface area contributed by atoms with Crippen molar-refractivity contribution in [2.24, 2.45) is 0 Å². The molecule has 92 valence electrons. The van der Waals surface area contributed by atoms with Gasteiger partial charge < -0.3 is 10.1 Å². The average molecular weight is 234 g/mol. The fourth-order valence-corrected chi connectivity index (χ4v) is 1.63. The number of ether oxygens (including phenoxy) is 1. The van der Waals surface area contributed by atoms with Crippen molar-refractivity contribution < 1.29 is 4.74 Å². The van der Waals surface area contributed by atoms with E-state index >= 15 is 0 Å². The smallest absolute Gasteiger partial charge is 0.152 e. The third-order valence-corrected chi connectivity index (χ3v) is 2.60. The number of anilines is 1. The van der Waals surface area contributed by atoms with E-state index in [2.05, 4.69) is 35.3 Å². The Balaban J connectivity index is 2.29. The van der Waals surface area contributed by atoms with E-state index in [0.717, 1.165) is 23.6 Å². The Hall–Kier alpha value is -1.62. The van der Waals surface area contributed by atoms with Crippen LogP contribution in [0.25, 0.3) is 5.52 Å². The van der Waals surface area contributed by atoms with Crippen LogP contribution in [0.1, 0.15) is 25.5 Å². The zero-order chi connectivity index (χ0) is 12.3. The van der Waals surface area contributed by atoms with Crippen molar-refractivity contribution in [1.29, 1.82) is 0 Å². The number of rotatable bonds is 5. The van der Waals surface area contributed by atoms with E-state index in [1.54, 1.807) is 13.3 Å². The van der Waals surface area contributed by atoms with Gasteiger partial charge >= 0.3 is 0 Å². The molecular formula is C12H18N4O. The van der Waals surface area contributed by atoms with Gasteiger partial charge in [0.05, 0.1) is 12.3 Å². The SMILES string of the molecule is COCCNc1nccn2nc(C(C)C)cc12. The maximum absolute atomic E-state index is 5.01. The molecule has 0 aliphatic rings. The van der Waals surface area contributed by atoms with Crippen LogP contribution in [-0.2, 0) is 4.74 Å². The van der Waals surface area contributed by atoms with Crippen molar-refractivity contribution in [3.63, 3.8) is 0 Å². The Morgan fingerprint density at radius 3 is 3.00 bits per heavy atom. The molecule has 0 atom stereocenters. The van der Waals surface area contributed by atoms with Crippen molar-refractivity contribution in [2.45, 2.75) is 19.8 Å². The molecule has 2 rings (SSSR count). The Bertz CT molecular complexity index is 492. The molecule has 5 heteroatoms. The van der Waals surface area contributed by atoms with Gasteiger partial charge in [0.15, 0.2) is 5.82 Å². The minimum Gasteiger partial charge on any atom is -0.383 e. The second-order valence-corrected chi connectivity index (χ2v) is 4.25. The second-order valence-electron chi connectivity index (χ2n) is 4.25. The molecule has 0 unspecified atom stereocenters. The van der Waals surface area contributed by atoms with Gasteiger partial charge in [-0.25, -0.2) is 9.50 Å². The highest BCUT2D eigenvalue weighted by molar-refractivity contribution is 5.67. The first-order valence-corrected chi connectivity index (χ1v) is 5.79. The van der Waals surface area contributed by atoms with Gasteiger partial charge in [0.2, 0.25) is 0 Å². The molecule has 0 aliphatic heterocycles. The summed E-state index contributed by atoms with van der Waals surface area (Å²) in [7, 11) is 1.69. The van der Waals surface area contributed by atoms with Crippen LogP contribution in [-0.4, -0.2) is 34.9 Å². The molecule has 1 N–H and O–H groups in total. The highest BCUT2D eigenvalue weighted by atomic mass is 16.5. The highest BCUT2D eigenvalue weighted by Gasteiger charge is 2.09. The molecule has 0 fully saturated rings. The predicted octanol–water partition coefficient (Wildman–Crippen LogP) is 1.91. The summed E-state index contributed by atoms with van der Waals surface area (Å²) in [4.78, 5) is 4.32. The van der Waals surface area contributed by atoms with Crippen molar-refractivity contribution in [1.82, 2.24) is 14.6 Å². The average Bonchev–Trinajstić information content (AvgIpc) is 2.74. The van der Waals surface area contributed by atoms with Crippen LogP contribution in [0.2, 0.25) is 0 Å². The molecule has 0 aromatic carbocycles. The number of hydrogen-bond donors (Lipinski definition) is 1. The summed E-state index contributed by atoms with van der Waals surface area (Å²) < 4.78 is 6.86. The van der Waals surface area contributed by atoms with Gasteiger partial charge in [-0.1, -0.05) is 13.8 Å². The number of nitrogens with one attached hydrogen (secondary N) is 1. The molecule has 17 heavy (non-hydrogen) atoms. The summed E-state index contributed by atoms with van der Waals surface area (Å²) in [6, 6.07) is 2.08. The van der Waals surface area contributed by atoms with Crippen LogP contribution >= 0.6 is 0 Å². The van der Waals surface area contributed by atoms with Crippen molar-refractivity contribution in [2.75, 3.05) is 25.6 Å². The van der Waals surface area contributed by atoms with E-state index in [-0.39, 0.29) is 0 Å². The largest absolute Gasteiger partial charge is 0.383 e. The zero-order valence-corrected chi connectivity index (χ0v) is 10.5. The maximum Gasteiger partial charge on any atom is 0.152 e. The Morgan fingerprint density at radius 1 is 1.47 bits per heavy atom. The summed E-state index contributed by atoms with van der Waals surface area (Å²) in [5, 5.41) is 7.75. The van der Waals surface area contributed by atoms with Gasteiger partial charge in [0.1, 0.15) is 5.52 Å². The Labute approximate surface area is 101 Å². The molecule has 2 aromatic rings. The fourth-order valence-electron chi connectivity index (χ4n) is 1.63. The fraction of sp³-hybridized carbons (Fsp3) is 0.500. The van der Waals surface area contributed by atoms with Crippen LogP contribution in [0.15, 0.2) is 18.5 Å². The third-order valence-electron chi connectivity index (χ3n) is 2.60. The molecule has 0 aliphatic carbocycles. The topological polar surface area (TPSA) is 51.5 Å². The summed E-state index contributed by atoms with van der Waals surface area (Å²) in [6.45, 7) is 5.67. The van der Waals surface area contributed by atoms with Gasteiger partial charge in [0.25, 0.3) is 0 Å². The minimum absolute atomic E-state index is 0.418. The van der Waals surface area contributed by atoms with E-state index in [4.69, 9.17) is 4.74 Å².